The molecule has 0 unspecified atom stereocenters. The van der Waals surface area contributed by atoms with Crippen molar-refractivity contribution in [2.75, 3.05) is 6.54 Å². The van der Waals surface area contributed by atoms with Gasteiger partial charge in [0, 0.05) is 18.5 Å². The minimum atomic E-state index is 0.792. The fraction of sp³-hybridized carbons (Fsp3) is 0.214. The van der Waals surface area contributed by atoms with Gasteiger partial charge in [0.25, 0.3) is 0 Å². The summed E-state index contributed by atoms with van der Waals surface area (Å²) in [5.41, 5.74) is 3.40. The van der Waals surface area contributed by atoms with Crippen LogP contribution in [0.1, 0.15) is 16.3 Å². The second-order valence-electron chi connectivity index (χ2n) is 3.93. The van der Waals surface area contributed by atoms with Crippen molar-refractivity contribution in [1.82, 2.24) is 10.3 Å². The van der Waals surface area contributed by atoms with Gasteiger partial charge >= 0.3 is 0 Å². The van der Waals surface area contributed by atoms with E-state index in [2.05, 4.69) is 34.4 Å². The number of nitrogens with zero attached hydrogens (tertiary/aromatic N) is 1. The third kappa shape index (κ3) is 3.51. The first-order valence-corrected chi connectivity index (χ1v) is 6.48. The minimum Gasteiger partial charge on any atom is -0.307 e. The van der Waals surface area contributed by atoms with Crippen molar-refractivity contribution in [2.24, 2.45) is 0 Å². The highest BCUT2D eigenvalue weighted by molar-refractivity contribution is 7.09. The number of aromatic nitrogens is 1. The molecule has 17 heavy (non-hydrogen) atoms. The molecule has 0 aliphatic heterocycles. The zero-order valence-electron chi connectivity index (χ0n) is 9.94. The number of nitrogens with one attached hydrogen (secondary N) is 1. The first-order valence-electron chi connectivity index (χ1n) is 5.60. The van der Waals surface area contributed by atoms with Gasteiger partial charge in [0.1, 0.15) is 0 Å². The molecule has 0 aliphatic rings. The van der Waals surface area contributed by atoms with Gasteiger partial charge in [0.2, 0.25) is 0 Å². The summed E-state index contributed by atoms with van der Waals surface area (Å²) >= 11 is 1.69. The van der Waals surface area contributed by atoms with Crippen LogP contribution in [0.2, 0.25) is 0 Å². The topological polar surface area (TPSA) is 24.9 Å². The van der Waals surface area contributed by atoms with E-state index in [9.17, 15) is 0 Å². The summed E-state index contributed by atoms with van der Waals surface area (Å²) in [4.78, 5) is 4.41. The Labute approximate surface area is 106 Å². The Balaban J connectivity index is 1.81. The van der Waals surface area contributed by atoms with Gasteiger partial charge in [-0.2, -0.15) is 0 Å². The van der Waals surface area contributed by atoms with Gasteiger partial charge in [-0.15, -0.1) is 11.3 Å². The number of rotatable bonds is 5. The average molecular weight is 244 g/mol. The maximum Gasteiger partial charge on any atom is 0.0897 e. The quantitative estimate of drug-likeness (QED) is 0.873. The molecule has 0 atom stereocenters. The summed E-state index contributed by atoms with van der Waals surface area (Å²) in [6, 6.07) is 10.2. The van der Waals surface area contributed by atoms with E-state index >= 15 is 0 Å². The monoisotopic (exact) mass is 244 g/mol. The molecule has 1 aromatic carbocycles. The summed E-state index contributed by atoms with van der Waals surface area (Å²) in [5, 5.41) is 6.56. The number of aryl methyl sites for hydroxylation is 1. The highest BCUT2D eigenvalue weighted by Crippen LogP contribution is 2.11. The smallest absolute Gasteiger partial charge is 0.0897 e. The first kappa shape index (κ1) is 12.0. The number of benzene rings is 1. The van der Waals surface area contributed by atoms with Crippen LogP contribution in [0.4, 0.5) is 0 Å². The summed E-state index contributed by atoms with van der Waals surface area (Å²) in [6.07, 6.45) is 0. The van der Waals surface area contributed by atoms with Gasteiger partial charge in [-0.05, 0) is 18.1 Å². The van der Waals surface area contributed by atoms with Gasteiger partial charge in [-0.1, -0.05) is 36.9 Å². The van der Waals surface area contributed by atoms with Crippen LogP contribution in [0.3, 0.4) is 0 Å². The van der Waals surface area contributed by atoms with Crippen LogP contribution in [0.25, 0.3) is 5.57 Å². The lowest BCUT2D eigenvalue weighted by Gasteiger charge is -2.06. The lowest BCUT2D eigenvalue weighted by atomic mass is 10.1. The van der Waals surface area contributed by atoms with Crippen LogP contribution in [-0.4, -0.2) is 11.5 Å². The normalized spacial score (nSPS) is 10.4. The third-order valence-corrected chi connectivity index (χ3v) is 3.32. The average Bonchev–Trinajstić information content (AvgIpc) is 2.76. The molecule has 1 N–H and O–H groups in total. The van der Waals surface area contributed by atoms with Crippen LogP contribution in [0.5, 0.6) is 0 Å². The Morgan fingerprint density at radius 2 is 2.12 bits per heavy atom. The Kier molecular flexibility index (Phi) is 4.07. The second kappa shape index (κ2) is 5.75. The van der Waals surface area contributed by atoms with Crippen LogP contribution in [0.15, 0.2) is 42.3 Å². The van der Waals surface area contributed by atoms with Crippen molar-refractivity contribution in [3.05, 3.63) is 58.6 Å². The molecule has 0 bridgehead atoms. The number of hydrogen-bond acceptors (Lipinski definition) is 3. The summed E-state index contributed by atoms with van der Waals surface area (Å²) in [5.74, 6) is 0. The van der Waals surface area contributed by atoms with Crippen molar-refractivity contribution in [1.29, 1.82) is 0 Å². The van der Waals surface area contributed by atoms with E-state index in [-0.39, 0.29) is 0 Å². The molecule has 3 heteroatoms. The van der Waals surface area contributed by atoms with Gasteiger partial charge in [-0.3, -0.25) is 0 Å². The summed E-state index contributed by atoms with van der Waals surface area (Å²) in [7, 11) is 0. The zero-order valence-corrected chi connectivity index (χ0v) is 10.8. The van der Waals surface area contributed by atoms with Gasteiger partial charge < -0.3 is 5.32 Å². The SMILES string of the molecule is C=C(CNCc1csc(C)n1)c1ccccc1. The number of hydrogen-bond donors (Lipinski definition) is 1. The van der Waals surface area contributed by atoms with E-state index < -0.39 is 0 Å². The molecule has 0 fully saturated rings. The summed E-state index contributed by atoms with van der Waals surface area (Å²) in [6.45, 7) is 7.70. The van der Waals surface area contributed by atoms with Crippen molar-refractivity contribution >= 4 is 16.9 Å². The van der Waals surface area contributed by atoms with Gasteiger partial charge in [0.15, 0.2) is 0 Å². The molecule has 0 aliphatic carbocycles. The Bertz CT molecular complexity index is 488. The molecule has 2 aromatic rings. The first-order chi connectivity index (χ1) is 8.25. The summed E-state index contributed by atoms with van der Waals surface area (Å²) < 4.78 is 0. The Morgan fingerprint density at radius 1 is 1.35 bits per heavy atom. The molecule has 0 spiro atoms. The third-order valence-electron chi connectivity index (χ3n) is 2.49. The van der Waals surface area contributed by atoms with Gasteiger partial charge in [-0.25, -0.2) is 4.98 Å². The highest BCUT2D eigenvalue weighted by atomic mass is 32.1. The van der Waals surface area contributed by atoms with E-state index in [0.29, 0.717) is 0 Å². The largest absolute Gasteiger partial charge is 0.307 e. The molecule has 2 rings (SSSR count). The molecule has 2 nitrogen and oxygen atoms in total. The molecule has 0 saturated heterocycles. The Hall–Kier alpha value is -1.45. The maximum absolute atomic E-state index is 4.41. The predicted octanol–water partition coefficient (Wildman–Crippen LogP) is 3.25. The maximum atomic E-state index is 4.41. The number of thiazole rings is 1. The van der Waals surface area contributed by atoms with E-state index in [1.807, 2.05) is 25.1 Å². The second-order valence-corrected chi connectivity index (χ2v) is 4.99. The Morgan fingerprint density at radius 3 is 2.76 bits per heavy atom. The predicted molar refractivity (Wildman–Crippen MR) is 74.0 cm³/mol. The molecule has 88 valence electrons. The van der Waals surface area contributed by atoms with Crippen molar-refractivity contribution in [3.8, 4) is 0 Å². The minimum absolute atomic E-state index is 0.792. The van der Waals surface area contributed by atoms with E-state index in [4.69, 9.17) is 0 Å². The van der Waals surface area contributed by atoms with E-state index in [0.717, 1.165) is 29.4 Å². The molecule has 1 heterocycles. The van der Waals surface area contributed by atoms with Gasteiger partial charge in [0.05, 0.1) is 10.7 Å². The molecule has 0 amide bonds. The fourth-order valence-electron chi connectivity index (χ4n) is 1.61. The van der Waals surface area contributed by atoms with Crippen LogP contribution < -0.4 is 5.32 Å². The fourth-order valence-corrected chi connectivity index (χ4v) is 2.22. The molecular formula is C14H16N2S. The van der Waals surface area contributed by atoms with Crippen molar-refractivity contribution in [3.63, 3.8) is 0 Å². The van der Waals surface area contributed by atoms with Crippen LogP contribution >= 0.6 is 11.3 Å². The van der Waals surface area contributed by atoms with Crippen LogP contribution in [0, 0.1) is 6.92 Å². The molecule has 0 radical (unpaired) electrons. The highest BCUT2D eigenvalue weighted by Gasteiger charge is 2.00. The van der Waals surface area contributed by atoms with Crippen LogP contribution in [-0.2, 0) is 6.54 Å². The van der Waals surface area contributed by atoms with E-state index in [1.165, 1.54) is 5.56 Å². The molecule has 1 aromatic heterocycles. The standard InChI is InChI=1S/C14H16N2S/c1-11(13-6-4-3-5-7-13)8-15-9-14-10-17-12(2)16-14/h3-7,10,15H,1,8-9H2,2H3. The van der Waals surface area contributed by atoms with Crippen molar-refractivity contribution < 1.29 is 0 Å². The lowest BCUT2D eigenvalue weighted by molar-refractivity contribution is 0.750. The molecular weight excluding hydrogens is 228 g/mol. The zero-order chi connectivity index (χ0) is 12.1. The van der Waals surface area contributed by atoms with E-state index in [1.54, 1.807) is 11.3 Å². The lowest BCUT2D eigenvalue weighted by Crippen LogP contribution is -2.15. The van der Waals surface area contributed by atoms with Crippen molar-refractivity contribution in [2.45, 2.75) is 13.5 Å². The molecule has 0 saturated carbocycles.